The second kappa shape index (κ2) is 5.65. The van der Waals surface area contributed by atoms with Gasteiger partial charge in [-0.1, -0.05) is 0 Å². The molecule has 2 aliphatic heterocycles. The quantitative estimate of drug-likeness (QED) is 0.909. The van der Waals surface area contributed by atoms with E-state index in [-0.39, 0.29) is 0 Å². The van der Waals surface area contributed by atoms with Crippen LogP contribution in [0.3, 0.4) is 0 Å². The first-order valence-electron chi connectivity index (χ1n) is 8.36. The number of fused-ring (bicyclic) bond motifs is 1. The molecule has 2 unspecified atom stereocenters. The molecule has 4 nitrogen and oxygen atoms in total. The predicted molar refractivity (Wildman–Crippen MR) is 93.6 cm³/mol. The largest absolute Gasteiger partial charge is 0.494 e. The maximum Gasteiger partial charge on any atom is 0.145 e. The maximum absolute atomic E-state index is 5.85. The zero-order chi connectivity index (χ0) is 16.0. The van der Waals surface area contributed by atoms with Gasteiger partial charge in [-0.2, -0.15) is 0 Å². The van der Waals surface area contributed by atoms with Crippen LogP contribution in [0.5, 0.6) is 5.75 Å². The second-order valence-electron chi connectivity index (χ2n) is 6.93. The van der Waals surface area contributed by atoms with Gasteiger partial charge in [-0.25, -0.2) is 0 Å². The zero-order valence-electron chi connectivity index (χ0n) is 14.8. The summed E-state index contributed by atoms with van der Waals surface area (Å²) in [5.41, 5.74) is 6.72. The lowest BCUT2D eigenvalue weighted by molar-refractivity contribution is 0.169. The molecule has 3 rings (SSSR count). The Kier molecular flexibility index (Phi) is 3.98. The molecule has 0 aliphatic carbocycles. The highest BCUT2D eigenvalue weighted by atomic mass is 16.5. The van der Waals surface area contributed by atoms with Crippen molar-refractivity contribution in [3.8, 4) is 5.75 Å². The topological polar surface area (TPSA) is 27.7 Å². The van der Waals surface area contributed by atoms with Crippen LogP contribution in [-0.2, 0) is 6.42 Å². The number of nitrogens with one attached hydrogen (secondary N) is 1. The van der Waals surface area contributed by atoms with Crippen molar-refractivity contribution in [1.82, 2.24) is 4.90 Å². The minimum absolute atomic E-state index is 0.550. The lowest BCUT2D eigenvalue weighted by Gasteiger charge is -2.44. The molecule has 2 heterocycles. The fraction of sp³-hybridized carbons (Fsp3) is 0.667. The summed E-state index contributed by atoms with van der Waals surface area (Å²) in [7, 11) is 4.04. The van der Waals surface area contributed by atoms with Crippen LogP contribution >= 0.6 is 0 Å². The number of nitrogens with zero attached hydrogens (tertiary/aromatic N) is 2. The Morgan fingerprint density at radius 3 is 2.32 bits per heavy atom. The number of ether oxygens (including phenoxy) is 1. The Morgan fingerprint density at radius 2 is 1.73 bits per heavy atom. The van der Waals surface area contributed by atoms with E-state index in [2.05, 4.69) is 49.9 Å². The van der Waals surface area contributed by atoms with Crippen molar-refractivity contribution in [2.75, 3.05) is 44.0 Å². The molecule has 122 valence electrons. The van der Waals surface area contributed by atoms with Gasteiger partial charge < -0.3 is 15.0 Å². The van der Waals surface area contributed by atoms with Gasteiger partial charge >= 0.3 is 0 Å². The van der Waals surface area contributed by atoms with Crippen LogP contribution in [0.25, 0.3) is 0 Å². The number of piperazine rings is 1. The van der Waals surface area contributed by atoms with Crippen molar-refractivity contribution >= 4 is 11.4 Å². The van der Waals surface area contributed by atoms with Crippen molar-refractivity contribution in [3.05, 3.63) is 16.7 Å². The molecule has 0 saturated carbocycles. The molecule has 22 heavy (non-hydrogen) atoms. The minimum atomic E-state index is 0.550. The third-order valence-corrected chi connectivity index (χ3v) is 5.60. The van der Waals surface area contributed by atoms with Gasteiger partial charge in [0.1, 0.15) is 5.75 Å². The van der Waals surface area contributed by atoms with Crippen LogP contribution in [0, 0.1) is 13.8 Å². The summed E-state index contributed by atoms with van der Waals surface area (Å²) in [6.07, 6.45) is 1.11. The van der Waals surface area contributed by atoms with Gasteiger partial charge in [0.25, 0.3) is 0 Å². The van der Waals surface area contributed by atoms with E-state index in [0.29, 0.717) is 12.1 Å². The number of anilines is 2. The van der Waals surface area contributed by atoms with E-state index in [1.165, 1.54) is 28.1 Å². The standard InChI is InChI=1S/C18H29N3O/c1-11-9-21(10-12(2)20(11)5)17-14(4)16-15(7-8-19-16)13(3)18(17)22-6/h11-12,19H,7-10H2,1-6H3. The summed E-state index contributed by atoms with van der Waals surface area (Å²) in [5, 5.41) is 3.58. The highest BCUT2D eigenvalue weighted by Crippen LogP contribution is 2.45. The summed E-state index contributed by atoms with van der Waals surface area (Å²) in [6, 6.07) is 1.10. The summed E-state index contributed by atoms with van der Waals surface area (Å²) < 4.78 is 5.85. The maximum atomic E-state index is 5.85. The third-order valence-electron chi connectivity index (χ3n) is 5.60. The van der Waals surface area contributed by atoms with E-state index >= 15 is 0 Å². The lowest BCUT2D eigenvalue weighted by atomic mass is 9.97. The van der Waals surface area contributed by atoms with Crippen molar-refractivity contribution in [3.63, 3.8) is 0 Å². The smallest absolute Gasteiger partial charge is 0.145 e. The zero-order valence-corrected chi connectivity index (χ0v) is 14.8. The number of hydrogen-bond acceptors (Lipinski definition) is 4. The number of rotatable bonds is 2. The molecular weight excluding hydrogens is 274 g/mol. The SMILES string of the molecule is COc1c(C)c2c(c(C)c1N1CC(C)N(C)C(C)C1)NCC2. The Balaban J connectivity index is 2.09. The Bertz CT molecular complexity index is 572. The monoisotopic (exact) mass is 303 g/mol. The molecule has 2 atom stereocenters. The fourth-order valence-electron chi connectivity index (χ4n) is 4.10. The van der Waals surface area contributed by atoms with Crippen LogP contribution < -0.4 is 15.0 Å². The number of benzene rings is 1. The molecule has 2 aliphatic rings. The number of hydrogen-bond donors (Lipinski definition) is 1. The summed E-state index contributed by atoms with van der Waals surface area (Å²) in [5.74, 6) is 1.07. The molecule has 0 aromatic heterocycles. The van der Waals surface area contributed by atoms with Crippen molar-refractivity contribution < 1.29 is 4.74 Å². The van der Waals surface area contributed by atoms with Crippen molar-refractivity contribution in [1.29, 1.82) is 0 Å². The normalized spacial score (nSPS) is 25.1. The first kappa shape index (κ1) is 15.5. The van der Waals surface area contributed by atoms with E-state index in [9.17, 15) is 0 Å². The van der Waals surface area contributed by atoms with Gasteiger partial charge in [-0.3, -0.25) is 4.90 Å². The molecule has 0 bridgehead atoms. The number of likely N-dealkylation sites (N-methyl/N-ethyl adjacent to an activating group) is 1. The molecule has 1 saturated heterocycles. The third kappa shape index (κ3) is 2.24. The predicted octanol–water partition coefficient (Wildman–Crippen LogP) is 2.81. The van der Waals surface area contributed by atoms with E-state index in [1.807, 2.05) is 7.11 Å². The molecule has 1 N–H and O–H groups in total. The lowest BCUT2D eigenvalue weighted by Crippen LogP contribution is -2.55. The first-order valence-corrected chi connectivity index (χ1v) is 8.36. The molecule has 0 spiro atoms. The van der Waals surface area contributed by atoms with Gasteiger partial charge in [0.15, 0.2) is 0 Å². The summed E-state index contributed by atoms with van der Waals surface area (Å²) in [4.78, 5) is 4.99. The first-order chi connectivity index (χ1) is 10.5. The average molecular weight is 303 g/mol. The van der Waals surface area contributed by atoms with Gasteiger partial charge in [0, 0.05) is 37.4 Å². The number of methoxy groups -OCH3 is 1. The summed E-state index contributed by atoms with van der Waals surface area (Å²) >= 11 is 0. The second-order valence-corrected chi connectivity index (χ2v) is 6.93. The van der Waals surface area contributed by atoms with E-state index in [4.69, 9.17) is 4.74 Å². The Hall–Kier alpha value is -1.42. The van der Waals surface area contributed by atoms with Crippen LogP contribution in [0.15, 0.2) is 0 Å². The highest BCUT2D eigenvalue weighted by molar-refractivity contribution is 5.80. The molecule has 1 aromatic carbocycles. The highest BCUT2D eigenvalue weighted by Gasteiger charge is 2.32. The minimum Gasteiger partial charge on any atom is -0.494 e. The van der Waals surface area contributed by atoms with Crippen LogP contribution in [0.2, 0.25) is 0 Å². The molecular formula is C18H29N3O. The molecule has 0 radical (unpaired) electrons. The molecule has 0 amide bonds. The molecule has 1 fully saturated rings. The van der Waals surface area contributed by atoms with Crippen LogP contribution in [0.4, 0.5) is 11.4 Å². The summed E-state index contributed by atoms with van der Waals surface area (Å²) in [6.45, 7) is 12.2. The van der Waals surface area contributed by atoms with E-state index in [0.717, 1.165) is 31.8 Å². The van der Waals surface area contributed by atoms with Gasteiger partial charge in [0.05, 0.1) is 12.8 Å². The van der Waals surface area contributed by atoms with Gasteiger partial charge in [-0.05, 0) is 57.9 Å². The molecule has 4 heteroatoms. The molecule has 1 aromatic rings. The van der Waals surface area contributed by atoms with E-state index < -0.39 is 0 Å². The van der Waals surface area contributed by atoms with Crippen LogP contribution in [-0.4, -0.2) is 50.8 Å². The van der Waals surface area contributed by atoms with Crippen molar-refractivity contribution in [2.45, 2.75) is 46.2 Å². The van der Waals surface area contributed by atoms with E-state index in [1.54, 1.807) is 0 Å². The van der Waals surface area contributed by atoms with Crippen LogP contribution in [0.1, 0.15) is 30.5 Å². The fourth-order valence-corrected chi connectivity index (χ4v) is 4.10. The Morgan fingerprint density at radius 1 is 1.09 bits per heavy atom. The van der Waals surface area contributed by atoms with Crippen molar-refractivity contribution in [2.24, 2.45) is 0 Å². The Labute approximate surface area is 134 Å². The van der Waals surface area contributed by atoms with Gasteiger partial charge in [-0.15, -0.1) is 0 Å². The van der Waals surface area contributed by atoms with Gasteiger partial charge in [0.2, 0.25) is 0 Å². The average Bonchev–Trinajstić information content (AvgIpc) is 2.97.